The molecule has 4 heteroatoms. The molecule has 0 bridgehead atoms. The van der Waals surface area contributed by atoms with Gasteiger partial charge in [0.2, 0.25) is 0 Å². The van der Waals surface area contributed by atoms with Crippen molar-refractivity contribution < 1.29 is 9.90 Å². The van der Waals surface area contributed by atoms with Gasteiger partial charge in [0, 0.05) is 18.6 Å². The molecule has 1 heterocycles. The summed E-state index contributed by atoms with van der Waals surface area (Å²) in [6, 6.07) is 0. The van der Waals surface area contributed by atoms with Gasteiger partial charge >= 0.3 is 6.09 Å². The van der Waals surface area contributed by atoms with E-state index in [9.17, 15) is 4.79 Å². The van der Waals surface area contributed by atoms with Crippen molar-refractivity contribution in [3.05, 3.63) is 0 Å². The molecule has 0 aliphatic carbocycles. The fraction of sp³-hybridized carbons (Fsp3) is 0.889. The fourth-order valence-electron chi connectivity index (χ4n) is 1.76. The van der Waals surface area contributed by atoms with Gasteiger partial charge in [0.1, 0.15) is 0 Å². The maximum Gasteiger partial charge on any atom is 0.407 e. The van der Waals surface area contributed by atoms with Gasteiger partial charge in [-0.2, -0.15) is 0 Å². The lowest BCUT2D eigenvalue weighted by Crippen LogP contribution is -2.50. The lowest BCUT2D eigenvalue weighted by Gasteiger charge is -2.38. The highest BCUT2D eigenvalue weighted by Gasteiger charge is 2.31. The molecular formula is C9H18N2O2. The fourth-order valence-corrected chi connectivity index (χ4v) is 1.76. The second kappa shape index (κ2) is 3.54. The summed E-state index contributed by atoms with van der Waals surface area (Å²) in [5.74, 6) is 0.289. The molecule has 3 N–H and O–H groups in total. The van der Waals surface area contributed by atoms with E-state index in [0.717, 1.165) is 12.8 Å². The van der Waals surface area contributed by atoms with Crippen molar-refractivity contribution in [1.82, 2.24) is 4.90 Å². The monoisotopic (exact) mass is 186 g/mol. The predicted octanol–water partition coefficient (Wildman–Crippen LogP) is 1.11. The van der Waals surface area contributed by atoms with E-state index in [-0.39, 0.29) is 11.5 Å². The van der Waals surface area contributed by atoms with Crippen molar-refractivity contribution >= 4 is 6.09 Å². The minimum Gasteiger partial charge on any atom is -0.465 e. The Hall–Kier alpha value is -0.770. The number of hydrogen-bond acceptors (Lipinski definition) is 2. The Kier molecular flexibility index (Phi) is 2.81. The molecule has 1 fully saturated rings. The van der Waals surface area contributed by atoms with Gasteiger partial charge in [0.25, 0.3) is 0 Å². The maximum absolute atomic E-state index is 10.7. The van der Waals surface area contributed by atoms with E-state index in [4.69, 9.17) is 10.8 Å². The molecule has 0 aromatic heterocycles. The van der Waals surface area contributed by atoms with Crippen LogP contribution < -0.4 is 5.73 Å². The molecule has 0 saturated carbocycles. The summed E-state index contributed by atoms with van der Waals surface area (Å²) in [5, 5.41) is 8.81. The van der Waals surface area contributed by atoms with Crippen molar-refractivity contribution in [2.24, 2.45) is 11.7 Å². The zero-order valence-electron chi connectivity index (χ0n) is 8.29. The first-order valence-corrected chi connectivity index (χ1v) is 4.68. The first kappa shape index (κ1) is 10.3. The molecule has 13 heavy (non-hydrogen) atoms. The zero-order chi connectivity index (χ0) is 10.1. The van der Waals surface area contributed by atoms with Gasteiger partial charge in [-0.1, -0.05) is 0 Å². The Morgan fingerprint density at radius 2 is 2.23 bits per heavy atom. The molecule has 1 atom stereocenters. The van der Waals surface area contributed by atoms with Crippen LogP contribution in [0.3, 0.4) is 0 Å². The summed E-state index contributed by atoms with van der Waals surface area (Å²) in [7, 11) is 0. The summed E-state index contributed by atoms with van der Waals surface area (Å²) in [6.07, 6.45) is 1.14. The average Bonchev–Trinajstić information content (AvgIpc) is 2.03. The highest BCUT2D eigenvalue weighted by molar-refractivity contribution is 5.65. The molecular weight excluding hydrogens is 168 g/mol. The van der Waals surface area contributed by atoms with Crippen LogP contribution in [0.4, 0.5) is 4.79 Å². The van der Waals surface area contributed by atoms with Gasteiger partial charge < -0.3 is 15.7 Å². The number of carboxylic acid groups (broad SMARTS) is 1. The third kappa shape index (κ3) is 2.59. The standard InChI is InChI=1S/C9H18N2O2/c1-9(2,10)7-4-3-5-11(6-7)8(12)13/h7H,3-6,10H2,1-2H3,(H,12,13). The number of rotatable bonds is 1. The van der Waals surface area contributed by atoms with Crippen LogP contribution in [0.1, 0.15) is 26.7 Å². The Morgan fingerprint density at radius 3 is 2.69 bits per heavy atom. The van der Waals surface area contributed by atoms with E-state index in [1.54, 1.807) is 0 Å². The van der Waals surface area contributed by atoms with Crippen molar-refractivity contribution in [1.29, 1.82) is 0 Å². The topological polar surface area (TPSA) is 66.6 Å². The Morgan fingerprint density at radius 1 is 1.62 bits per heavy atom. The summed E-state index contributed by atoms with van der Waals surface area (Å²) < 4.78 is 0. The van der Waals surface area contributed by atoms with Gasteiger partial charge in [-0.3, -0.25) is 0 Å². The Balaban J connectivity index is 2.57. The third-order valence-electron chi connectivity index (χ3n) is 2.74. The van der Waals surface area contributed by atoms with E-state index in [0.29, 0.717) is 13.1 Å². The lowest BCUT2D eigenvalue weighted by atomic mass is 9.82. The number of nitrogens with zero attached hydrogens (tertiary/aromatic N) is 1. The van der Waals surface area contributed by atoms with Crippen LogP contribution in [0.25, 0.3) is 0 Å². The molecule has 0 spiro atoms. The van der Waals surface area contributed by atoms with Crippen LogP contribution >= 0.6 is 0 Å². The summed E-state index contributed by atoms with van der Waals surface area (Å²) >= 11 is 0. The minimum absolute atomic E-state index is 0.270. The Labute approximate surface area is 78.7 Å². The lowest BCUT2D eigenvalue weighted by molar-refractivity contribution is 0.103. The van der Waals surface area contributed by atoms with Crippen molar-refractivity contribution in [3.63, 3.8) is 0 Å². The highest BCUT2D eigenvalue weighted by Crippen LogP contribution is 2.24. The molecule has 0 aromatic rings. The van der Waals surface area contributed by atoms with Crippen LogP contribution in [-0.2, 0) is 0 Å². The van der Waals surface area contributed by atoms with Crippen molar-refractivity contribution in [3.8, 4) is 0 Å². The number of piperidine rings is 1. The SMILES string of the molecule is CC(C)(N)C1CCCN(C(=O)O)C1. The minimum atomic E-state index is -0.825. The number of carbonyl (C=O) groups is 1. The number of amides is 1. The van der Waals surface area contributed by atoms with Gasteiger partial charge in [0.15, 0.2) is 0 Å². The van der Waals surface area contributed by atoms with Gasteiger partial charge in [0.05, 0.1) is 0 Å². The highest BCUT2D eigenvalue weighted by atomic mass is 16.4. The quantitative estimate of drug-likeness (QED) is 0.644. The predicted molar refractivity (Wildman–Crippen MR) is 50.6 cm³/mol. The molecule has 76 valence electrons. The van der Waals surface area contributed by atoms with Gasteiger partial charge in [-0.25, -0.2) is 4.79 Å². The van der Waals surface area contributed by atoms with Crippen molar-refractivity contribution in [2.45, 2.75) is 32.2 Å². The molecule has 1 unspecified atom stereocenters. The van der Waals surface area contributed by atoms with E-state index in [1.165, 1.54) is 4.90 Å². The normalized spacial score (nSPS) is 24.5. The van der Waals surface area contributed by atoms with Crippen LogP contribution in [0.15, 0.2) is 0 Å². The number of likely N-dealkylation sites (tertiary alicyclic amines) is 1. The summed E-state index contributed by atoms with van der Waals surface area (Å²) in [5.41, 5.74) is 5.68. The summed E-state index contributed by atoms with van der Waals surface area (Å²) in [4.78, 5) is 12.2. The smallest absolute Gasteiger partial charge is 0.407 e. The molecule has 4 nitrogen and oxygen atoms in total. The third-order valence-corrected chi connectivity index (χ3v) is 2.74. The first-order chi connectivity index (χ1) is 5.91. The summed E-state index contributed by atoms with van der Waals surface area (Å²) in [6.45, 7) is 5.16. The molecule has 1 amide bonds. The van der Waals surface area contributed by atoms with Crippen LogP contribution in [-0.4, -0.2) is 34.7 Å². The largest absolute Gasteiger partial charge is 0.465 e. The first-order valence-electron chi connectivity index (χ1n) is 4.68. The van der Waals surface area contributed by atoms with Gasteiger partial charge in [-0.15, -0.1) is 0 Å². The van der Waals surface area contributed by atoms with Gasteiger partial charge in [-0.05, 0) is 32.6 Å². The van der Waals surface area contributed by atoms with E-state index < -0.39 is 6.09 Å². The average molecular weight is 186 g/mol. The molecule has 1 rings (SSSR count). The second-order valence-electron chi connectivity index (χ2n) is 4.39. The maximum atomic E-state index is 10.7. The second-order valence-corrected chi connectivity index (χ2v) is 4.39. The molecule has 0 radical (unpaired) electrons. The number of nitrogens with two attached hydrogens (primary N) is 1. The zero-order valence-corrected chi connectivity index (χ0v) is 8.29. The van der Waals surface area contributed by atoms with E-state index >= 15 is 0 Å². The van der Waals surface area contributed by atoms with Crippen molar-refractivity contribution in [2.75, 3.05) is 13.1 Å². The van der Waals surface area contributed by atoms with E-state index in [1.807, 2.05) is 13.8 Å². The molecule has 0 aromatic carbocycles. The van der Waals surface area contributed by atoms with Crippen LogP contribution in [0.5, 0.6) is 0 Å². The molecule has 1 saturated heterocycles. The molecule has 1 aliphatic heterocycles. The van der Waals surface area contributed by atoms with Crippen LogP contribution in [0, 0.1) is 5.92 Å². The molecule has 1 aliphatic rings. The van der Waals surface area contributed by atoms with Crippen LogP contribution in [0.2, 0.25) is 0 Å². The number of hydrogen-bond donors (Lipinski definition) is 2. The van der Waals surface area contributed by atoms with E-state index in [2.05, 4.69) is 0 Å². The Bertz CT molecular complexity index is 198.